The molecule has 1 atom stereocenters. The Morgan fingerprint density at radius 1 is 1.15 bits per heavy atom. The molecule has 1 heterocycles. The van der Waals surface area contributed by atoms with E-state index in [-0.39, 0.29) is 22.2 Å². The van der Waals surface area contributed by atoms with E-state index >= 15 is 0 Å². The first-order valence-corrected chi connectivity index (χ1v) is 10.9. The molecule has 0 saturated carbocycles. The van der Waals surface area contributed by atoms with Crippen LogP contribution in [0, 0.1) is 4.77 Å². The van der Waals surface area contributed by atoms with E-state index in [0.29, 0.717) is 17.3 Å². The zero-order chi connectivity index (χ0) is 19.4. The maximum absolute atomic E-state index is 12.8. The molecule has 27 heavy (non-hydrogen) atoms. The van der Waals surface area contributed by atoms with Crippen molar-refractivity contribution >= 4 is 33.7 Å². The van der Waals surface area contributed by atoms with Crippen molar-refractivity contribution in [3.63, 3.8) is 0 Å². The topological polar surface area (TPSA) is 93.8 Å². The first-order valence-electron chi connectivity index (χ1n) is 8.25. The Hall–Kier alpha value is -2.16. The minimum Gasteiger partial charge on any atom is -0.335 e. The molecule has 0 radical (unpaired) electrons. The average molecular weight is 423 g/mol. The van der Waals surface area contributed by atoms with Crippen LogP contribution in [-0.4, -0.2) is 29.0 Å². The number of nitrogens with two attached hydrogens (primary N) is 1. The van der Waals surface area contributed by atoms with Gasteiger partial charge in [-0.2, -0.15) is 5.10 Å². The Kier molecular flexibility index (Phi) is 5.98. The molecular weight excluding hydrogens is 404 g/mol. The summed E-state index contributed by atoms with van der Waals surface area (Å²) in [4.78, 5) is 0. The number of hydrogen-bond donors (Lipinski definition) is 2. The molecule has 0 spiro atoms. The van der Waals surface area contributed by atoms with Gasteiger partial charge in [0.05, 0.1) is 11.5 Å². The third-order valence-electron chi connectivity index (χ3n) is 4.23. The molecule has 0 aliphatic rings. The number of nitrogens with one attached hydrogen (secondary N) is 1. The number of hydrogen-bond acceptors (Lipinski definition) is 5. The largest absolute Gasteiger partial charge is 0.335 e. The highest BCUT2D eigenvalue weighted by Gasteiger charge is 2.24. The lowest BCUT2D eigenvalue weighted by molar-refractivity contribution is 0.582. The van der Waals surface area contributed by atoms with E-state index in [0.717, 1.165) is 11.1 Å². The van der Waals surface area contributed by atoms with E-state index < -0.39 is 9.84 Å². The fourth-order valence-corrected chi connectivity index (χ4v) is 4.92. The number of halogens is 1. The molecule has 3 rings (SSSR count). The van der Waals surface area contributed by atoms with Crippen molar-refractivity contribution in [2.24, 2.45) is 0 Å². The van der Waals surface area contributed by atoms with Gasteiger partial charge in [-0.15, -0.1) is 0 Å². The zero-order valence-corrected chi connectivity index (χ0v) is 16.8. The van der Waals surface area contributed by atoms with Crippen LogP contribution in [0.5, 0.6) is 0 Å². The molecule has 0 aliphatic carbocycles. The lowest BCUT2D eigenvalue weighted by Crippen LogP contribution is -2.22. The lowest BCUT2D eigenvalue weighted by Gasteiger charge is -2.17. The maximum atomic E-state index is 12.8. The van der Waals surface area contributed by atoms with Crippen LogP contribution in [0.4, 0.5) is 0 Å². The van der Waals surface area contributed by atoms with Gasteiger partial charge in [0.2, 0.25) is 4.77 Å². The van der Waals surface area contributed by atoms with Gasteiger partial charge in [0.25, 0.3) is 0 Å². The Morgan fingerprint density at radius 2 is 1.81 bits per heavy atom. The van der Waals surface area contributed by atoms with Gasteiger partial charge in [0.1, 0.15) is 0 Å². The summed E-state index contributed by atoms with van der Waals surface area (Å²) in [5.41, 5.74) is 1.61. The predicted molar refractivity (Wildman–Crippen MR) is 109 cm³/mol. The van der Waals surface area contributed by atoms with E-state index in [1.165, 1.54) is 4.68 Å². The SMILES string of the molecule is Nn1c(CC(CS(=O)(=O)Cc2ccccc2)c2ccc(Cl)cc2)n[nH]c1=S. The van der Waals surface area contributed by atoms with Crippen molar-refractivity contribution in [2.75, 3.05) is 11.6 Å². The molecule has 0 fully saturated rings. The summed E-state index contributed by atoms with van der Waals surface area (Å²) in [5, 5.41) is 7.33. The van der Waals surface area contributed by atoms with Crippen molar-refractivity contribution < 1.29 is 8.42 Å². The fraction of sp³-hybridized carbons (Fsp3) is 0.222. The molecule has 3 N–H and O–H groups in total. The van der Waals surface area contributed by atoms with Gasteiger partial charge in [-0.05, 0) is 35.5 Å². The Bertz CT molecular complexity index is 1060. The molecule has 6 nitrogen and oxygen atoms in total. The molecule has 142 valence electrons. The summed E-state index contributed by atoms with van der Waals surface area (Å²) < 4.78 is 27.2. The van der Waals surface area contributed by atoms with Gasteiger partial charge in [-0.1, -0.05) is 54.1 Å². The van der Waals surface area contributed by atoms with Crippen LogP contribution < -0.4 is 5.84 Å². The fourth-order valence-electron chi connectivity index (χ4n) is 2.90. The third kappa shape index (κ3) is 5.18. The molecular formula is C18H19ClN4O2S2. The number of aromatic amines is 1. The molecule has 2 aromatic carbocycles. The number of nitrogens with zero attached hydrogens (tertiary/aromatic N) is 2. The average Bonchev–Trinajstić information content (AvgIpc) is 2.94. The van der Waals surface area contributed by atoms with Crippen LogP contribution in [0.2, 0.25) is 5.02 Å². The Morgan fingerprint density at radius 3 is 2.41 bits per heavy atom. The molecule has 0 saturated heterocycles. The van der Waals surface area contributed by atoms with E-state index in [1.807, 2.05) is 30.3 Å². The van der Waals surface area contributed by atoms with Gasteiger partial charge < -0.3 is 5.84 Å². The highest BCUT2D eigenvalue weighted by atomic mass is 35.5. The van der Waals surface area contributed by atoms with Crippen LogP contribution in [0.15, 0.2) is 54.6 Å². The summed E-state index contributed by atoms with van der Waals surface area (Å²) in [7, 11) is -3.37. The predicted octanol–water partition coefficient (Wildman–Crippen LogP) is 3.25. The first-order chi connectivity index (χ1) is 12.8. The number of nitrogen functional groups attached to an aromatic ring is 1. The van der Waals surface area contributed by atoms with Gasteiger partial charge in [-0.25, -0.2) is 13.1 Å². The standard InChI is InChI=1S/C18H19ClN4O2S2/c19-16-8-6-14(7-9-16)15(10-17-21-22-18(26)23(17)20)12-27(24,25)11-13-4-2-1-3-5-13/h1-9,15H,10-12,20H2,(H,22,26). The highest BCUT2D eigenvalue weighted by Crippen LogP contribution is 2.25. The van der Waals surface area contributed by atoms with Gasteiger partial charge in [0.15, 0.2) is 15.7 Å². The van der Waals surface area contributed by atoms with Crippen LogP contribution >= 0.6 is 23.8 Å². The molecule has 9 heteroatoms. The van der Waals surface area contributed by atoms with Crippen LogP contribution in [0.1, 0.15) is 22.9 Å². The quantitative estimate of drug-likeness (QED) is 0.450. The summed E-state index contributed by atoms with van der Waals surface area (Å²) in [6.45, 7) is 0. The van der Waals surface area contributed by atoms with E-state index in [4.69, 9.17) is 29.7 Å². The maximum Gasteiger partial charge on any atom is 0.214 e. The summed E-state index contributed by atoms with van der Waals surface area (Å²) >= 11 is 11.0. The number of H-pyrrole nitrogens is 1. The summed E-state index contributed by atoms with van der Waals surface area (Å²) in [6.07, 6.45) is 0.333. The van der Waals surface area contributed by atoms with Crippen LogP contribution in [-0.2, 0) is 22.0 Å². The summed E-state index contributed by atoms with van der Waals surface area (Å²) in [5.74, 6) is 5.99. The molecule has 0 aliphatic heterocycles. The minimum atomic E-state index is -3.37. The zero-order valence-electron chi connectivity index (χ0n) is 14.4. The third-order valence-corrected chi connectivity index (χ3v) is 6.46. The normalized spacial score (nSPS) is 12.8. The van der Waals surface area contributed by atoms with Gasteiger partial charge in [-0.3, -0.25) is 5.10 Å². The minimum absolute atomic E-state index is 0.0204. The van der Waals surface area contributed by atoms with Crippen LogP contribution in [0.3, 0.4) is 0 Å². The van der Waals surface area contributed by atoms with Crippen LogP contribution in [0.25, 0.3) is 0 Å². The van der Waals surface area contributed by atoms with Gasteiger partial charge in [0, 0.05) is 17.4 Å². The Balaban J connectivity index is 1.88. The molecule has 0 bridgehead atoms. The number of aromatic nitrogens is 3. The first kappa shape index (κ1) is 19.6. The molecule has 1 aromatic heterocycles. The lowest BCUT2D eigenvalue weighted by atomic mass is 9.97. The van der Waals surface area contributed by atoms with Crippen molar-refractivity contribution in [3.8, 4) is 0 Å². The monoisotopic (exact) mass is 422 g/mol. The van der Waals surface area contributed by atoms with Crippen molar-refractivity contribution in [3.05, 3.63) is 81.3 Å². The van der Waals surface area contributed by atoms with Crippen molar-refractivity contribution in [2.45, 2.75) is 18.1 Å². The Labute approximate surface area is 167 Å². The van der Waals surface area contributed by atoms with Crippen molar-refractivity contribution in [1.29, 1.82) is 0 Å². The number of benzene rings is 2. The van der Waals surface area contributed by atoms with E-state index in [9.17, 15) is 8.42 Å². The molecule has 1 unspecified atom stereocenters. The smallest absolute Gasteiger partial charge is 0.214 e. The van der Waals surface area contributed by atoms with E-state index in [1.54, 1.807) is 24.3 Å². The van der Waals surface area contributed by atoms with Gasteiger partial charge >= 0.3 is 0 Å². The van der Waals surface area contributed by atoms with Crippen molar-refractivity contribution in [1.82, 2.24) is 14.9 Å². The second kappa shape index (κ2) is 8.24. The number of rotatable bonds is 7. The molecule has 3 aromatic rings. The highest BCUT2D eigenvalue weighted by molar-refractivity contribution is 7.90. The number of sulfone groups is 1. The second-order valence-electron chi connectivity index (χ2n) is 6.31. The summed E-state index contributed by atoms with van der Waals surface area (Å²) in [6, 6.07) is 16.3. The van der Waals surface area contributed by atoms with E-state index in [2.05, 4.69) is 10.2 Å². The molecule has 0 amide bonds. The second-order valence-corrected chi connectivity index (χ2v) is 9.24.